The molecule has 1 N–H and O–H groups in total. The number of hydrogen-bond acceptors (Lipinski definition) is 2. The summed E-state index contributed by atoms with van der Waals surface area (Å²) >= 11 is 0. The Balaban J connectivity index is 1.98. The molecule has 1 aromatic heterocycles. The van der Waals surface area contributed by atoms with Gasteiger partial charge < -0.3 is 5.32 Å². The summed E-state index contributed by atoms with van der Waals surface area (Å²) in [5.41, 5.74) is 0.470. The fourth-order valence-electron chi connectivity index (χ4n) is 1.34. The van der Waals surface area contributed by atoms with Gasteiger partial charge >= 0.3 is 0 Å². The first-order valence-electron chi connectivity index (χ1n) is 4.36. The van der Waals surface area contributed by atoms with Gasteiger partial charge in [0, 0.05) is 12.2 Å². The highest BCUT2D eigenvalue weighted by molar-refractivity contribution is 5.37. The van der Waals surface area contributed by atoms with Crippen LogP contribution in [0.2, 0.25) is 0 Å². The minimum absolute atomic E-state index is 0.470. The third-order valence-electron chi connectivity index (χ3n) is 2.50. The Labute approximate surface area is 73.0 Å². The average Bonchev–Trinajstić information content (AvgIpc) is 2.61. The van der Waals surface area contributed by atoms with Crippen molar-refractivity contribution in [1.82, 2.24) is 4.98 Å². The molecule has 0 aliphatic heterocycles. The minimum atomic E-state index is 0.470. The summed E-state index contributed by atoms with van der Waals surface area (Å²) in [5, 5.41) is 3.40. The molecule has 1 saturated carbocycles. The Kier molecular flexibility index (Phi) is 1.56. The lowest BCUT2D eigenvalue weighted by molar-refractivity contribution is 0.630. The molecule has 1 aliphatic rings. The van der Waals surface area contributed by atoms with Crippen molar-refractivity contribution in [1.29, 1.82) is 0 Å². The first kappa shape index (κ1) is 7.59. The molecule has 2 nitrogen and oxygen atoms in total. The molecule has 1 aromatic rings. The predicted octanol–water partition coefficient (Wildman–Crippen LogP) is 2.29. The number of anilines is 1. The van der Waals surface area contributed by atoms with Gasteiger partial charge in [-0.3, -0.25) is 0 Å². The van der Waals surface area contributed by atoms with Crippen molar-refractivity contribution < 1.29 is 0 Å². The van der Waals surface area contributed by atoms with Crippen molar-refractivity contribution in [2.45, 2.75) is 26.3 Å². The molecule has 12 heavy (non-hydrogen) atoms. The zero-order valence-electron chi connectivity index (χ0n) is 7.54. The van der Waals surface area contributed by atoms with E-state index in [-0.39, 0.29) is 0 Å². The largest absolute Gasteiger partial charge is 0.367 e. The lowest BCUT2D eigenvalue weighted by atomic mass is 10.2. The molecule has 1 fully saturated rings. The van der Waals surface area contributed by atoms with Crippen LogP contribution in [0.4, 0.5) is 5.82 Å². The van der Waals surface area contributed by atoms with Crippen LogP contribution in [-0.4, -0.2) is 11.0 Å². The van der Waals surface area contributed by atoms with Gasteiger partial charge in [-0.1, -0.05) is 19.9 Å². The monoisotopic (exact) mass is 162 g/mol. The summed E-state index contributed by atoms with van der Waals surface area (Å²) in [6, 6.07) is 6.56. The summed E-state index contributed by atoms with van der Waals surface area (Å²) < 4.78 is 0. The van der Waals surface area contributed by atoms with Crippen molar-refractivity contribution in [3.63, 3.8) is 0 Å². The molecule has 0 bridgehead atoms. The number of nitrogens with one attached hydrogen (secondary N) is 1. The molecule has 1 aliphatic carbocycles. The molecule has 1 heterocycles. The standard InChI is InChI=1S/C10H14N2/c1-10(2)7-8(10)12-9-5-3-4-6-11-9/h3-6,8H,7H2,1-2H3,(H,11,12). The van der Waals surface area contributed by atoms with Gasteiger partial charge in [0.05, 0.1) is 0 Å². The molecule has 2 rings (SSSR count). The van der Waals surface area contributed by atoms with Crippen LogP contribution in [0.1, 0.15) is 20.3 Å². The van der Waals surface area contributed by atoms with Crippen molar-refractivity contribution in [2.75, 3.05) is 5.32 Å². The number of hydrogen-bond donors (Lipinski definition) is 1. The molecule has 2 heteroatoms. The fraction of sp³-hybridized carbons (Fsp3) is 0.500. The van der Waals surface area contributed by atoms with E-state index in [1.165, 1.54) is 6.42 Å². The molecule has 0 amide bonds. The minimum Gasteiger partial charge on any atom is -0.367 e. The molecule has 0 aromatic carbocycles. The van der Waals surface area contributed by atoms with Crippen molar-refractivity contribution in [3.05, 3.63) is 24.4 Å². The van der Waals surface area contributed by atoms with Crippen LogP contribution in [-0.2, 0) is 0 Å². The molecule has 0 saturated heterocycles. The van der Waals surface area contributed by atoms with Gasteiger partial charge in [0.2, 0.25) is 0 Å². The van der Waals surface area contributed by atoms with Crippen LogP contribution in [0.25, 0.3) is 0 Å². The third kappa shape index (κ3) is 1.42. The highest BCUT2D eigenvalue weighted by atomic mass is 15.1. The quantitative estimate of drug-likeness (QED) is 0.721. The first-order valence-corrected chi connectivity index (χ1v) is 4.36. The first-order chi connectivity index (χ1) is 5.68. The number of pyridine rings is 1. The Hall–Kier alpha value is -1.05. The van der Waals surface area contributed by atoms with E-state index in [0.29, 0.717) is 11.5 Å². The summed E-state index contributed by atoms with van der Waals surface area (Å²) in [6.07, 6.45) is 3.07. The van der Waals surface area contributed by atoms with Gasteiger partial charge in [0.15, 0.2) is 0 Å². The lowest BCUT2D eigenvalue weighted by Gasteiger charge is -2.05. The summed E-state index contributed by atoms with van der Waals surface area (Å²) in [4.78, 5) is 4.21. The van der Waals surface area contributed by atoms with Crippen molar-refractivity contribution in [2.24, 2.45) is 5.41 Å². The van der Waals surface area contributed by atoms with Gasteiger partial charge in [0.25, 0.3) is 0 Å². The highest BCUT2D eigenvalue weighted by Crippen LogP contribution is 2.46. The van der Waals surface area contributed by atoms with Crippen LogP contribution < -0.4 is 5.32 Å². The topological polar surface area (TPSA) is 24.9 Å². The zero-order valence-corrected chi connectivity index (χ0v) is 7.54. The average molecular weight is 162 g/mol. The van der Waals surface area contributed by atoms with E-state index in [9.17, 15) is 0 Å². The van der Waals surface area contributed by atoms with E-state index in [1.54, 1.807) is 0 Å². The van der Waals surface area contributed by atoms with E-state index >= 15 is 0 Å². The van der Waals surface area contributed by atoms with Crippen LogP contribution in [0.3, 0.4) is 0 Å². The van der Waals surface area contributed by atoms with Gasteiger partial charge in [-0.25, -0.2) is 4.98 Å². The molecule has 1 unspecified atom stereocenters. The second-order valence-corrected chi connectivity index (χ2v) is 4.10. The Morgan fingerprint density at radius 3 is 2.75 bits per heavy atom. The number of nitrogens with zero attached hydrogens (tertiary/aromatic N) is 1. The molecular weight excluding hydrogens is 148 g/mol. The molecular formula is C10H14N2. The van der Waals surface area contributed by atoms with Crippen LogP contribution in [0.15, 0.2) is 24.4 Å². The maximum Gasteiger partial charge on any atom is 0.126 e. The van der Waals surface area contributed by atoms with E-state index in [4.69, 9.17) is 0 Å². The smallest absolute Gasteiger partial charge is 0.126 e. The summed E-state index contributed by atoms with van der Waals surface area (Å²) in [6.45, 7) is 4.54. The van der Waals surface area contributed by atoms with E-state index < -0.39 is 0 Å². The second-order valence-electron chi connectivity index (χ2n) is 4.10. The van der Waals surface area contributed by atoms with Crippen LogP contribution in [0.5, 0.6) is 0 Å². The lowest BCUT2D eigenvalue weighted by Crippen LogP contribution is -2.09. The van der Waals surface area contributed by atoms with Gasteiger partial charge in [-0.05, 0) is 24.0 Å². The Morgan fingerprint density at radius 2 is 2.25 bits per heavy atom. The maximum absolute atomic E-state index is 4.21. The summed E-state index contributed by atoms with van der Waals surface area (Å²) in [5.74, 6) is 0.994. The Bertz CT molecular complexity index is 266. The van der Waals surface area contributed by atoms with Gasteiger partial charge in [0.1, 0.15) is 5.82 Å². The molecule has 0 radical (unpaired) electrons. The van der Waals surface area contributed by atoms with Crippen molar-refractivity contribution in [3.8, 4) is 0 Å². The van der Waals surface area contributed by atoms with E-state index in [2.05, 4.69) is 24.1 Å². The van der Waals surface area contributed by atoms with E-state index in [0.717, 1.165) is 5.82 Å². The molecule has 0 spiro atoms. The number of aromatic nitrogens is 1. The highest BCUT2D eigenvalue weighted by Gasteiger charge is 2.45. The molecule has 64 valence electrons. The summed E-state index contributed by atoms with van der Waals surface area (Å²) in [7, 11) is 0. The van der Waals surface area contributed by atoms with E-state index in [1.807, 2.05) is 24.4 Å². The Morgan fingerprint density at radius 1 is 1.50 bits per heavy atom. The predicted molar refractivity (Wildman–Crippen MR) is 50.0 cm³/mol. The zero-order chi connectivity index (χ0) is 8.60. The third-order valence-corrected chi connectivity index (χ3v) is 2.50. The second kappa shape index (κ2) is 2.47. The fourth-order valence-corrected chi connectivity index (χ4v) is 1.34. The van der Waals surface area contributed by atoms with Crippen LogP contribution in [0, 0.1) is 5.41 Å². The van der Waals surface area contributed by atoms with Gasteiger partial charge in [-0.2, -0.15) is 0 Å². The van der Waals surface area contributed by atoms with Crippen LogP contribution >= 0.6 is 0 Å². The normalized spacial score (nSPS) is 25.0. The number of rotatable bonds is 2. The SMILES string of the molecule is CC1(C)CC1Nc1ccccn1. The van der Waals surface area contributed by atoms with Gasteiger partial charge in [-0.15, -0.1) is 0 Å². The van der Waals surface area contributed by atoms with Crippen molar-refractivity contribution >= 4 is 5.82 Å². The molecule has 1 atom stereocenters. The maximum atomic E-state index is 4.21.